The second kappa shape index (κ2) is 6.82. The third-order valence-corrected chi connectivity index (χ3v) is 5.09. The summed E-state index contributed by atoms with van der Waals surface area (Å²) in [6, 6.07) is 19.3. The van der Waals surface area contributed by atoms with E-state index in [2.05, 4.69) is 76.6 Å². The number of likely N-dealkylation sites (tertiary alicyclic amines) is 1. The van der Waals surface area contributed by atoms with Gasteiger partial charge in [0.15, 0.2) is 0 Å². The van der Waals surface area contributed by atoms with Gasteiger partial charge in [-0.1, -0.05) is 54.1 Å². The van der Waals surface area contributed by atoms with Gasteiger partial charge in [-0.05, 0) is 18.6 Å². The molecule has 0 saturated carbocycles. The van der Waals surface area contributed by atoms with Crippen LogP contribution in [-0.2, 0) is 6.54 Å². The van der Waals surface area contributed by atoms with Crippen molar-refractivity contribution in [1.82, 2.24) is 15.1 Å². The van der Waals surface area contributed by atoms with Crippen LogP contribution in [-0.4, -0.2) is 34.2 Å². The molecule has 1 saturated heterocycles. The molecule has 2 aromatic carbocycles. The van der Waals surface area contributed by atoms with Crippen molar-refractivity contribution in [1.29, 1.82) is 0 Å². The molecule has 3 aromatic rings. The predicted octanol–water partition coefficient (Wildman–Crippen LogP) is 3.31. The molecule has 2 atom stereocenters. The fourth-order valence-electron chi connectivity index (χ4n) is 3.82. The molecule has 0 bridgehead atoms. The van der Waals surface area contributed by atoms with E-state index in [-0.39, 0.29) is 6.04 Å². The van der Waals surface area contributed by atoms with Crippen LogP contribution in [0.4, 0.5) is 0 Å². The minimum Gasteiger partial charge on any atom is -0.326 e. The van der Waals surface area contributed by atoms with Gasteiger partial charge in [0.25, 0.3) is 0 Å². The van der Waals surface area contributed by atoms with Crippen molar-refractivity contribution in [2.75, 3.05) is 13.1 Å². The van der Waals surface area contributed by atoms with E-state index in [1.165, 1.54) is 22.3 Å². The summed E-state index contributed by atoms with van der Waals surface area (Å²) >= 11 is 0. The first-order chi connectivity index (χ1) is 12.2. The van der Waals surface area contributed by atoms with Gasteiger partial charge in [0, 0.05) is 42.7 Å². The van der Waals surface area contributed by atoms with Gasteiger partial charge >= 0.3 is 0 Å². The molecule has 3 N–H and O–H groups in total. The molecule has 1 aromatic heterocycles. The highest BCUT2D eigenvalue weighted by atomic mass is 15.2. The van der Waals surface area contributed by atoms with Gasteiger partial charge in [-0.15, -0.1) is 0 Å². The number of aromatic nitrogens is 2. The fraction of sp³-hybridized carbons (Fsp3) is 0.286. The highest BCUT2D eigenvalue weighted by molar-refractivity contribution is 5.63. The van der Waals surface area contributed by atoms with Crippen molar-refractivity contribution in [3.63, 3.8) is 0 Å². The average molecular weight is 332 g/mol. The number of H-pyrrole nitrogens is 1. The summed E-state index contributed by atoms with van der Waals surface area (Å²) in [5.41, 5.74) is 12.6. The highest BCUT2D eigenvalue weighted by Crippen LogP contribution is 2.29. The molecule has 1 aliphatic rings. The third-order valence-electron chi connectivity index (χ3n) is 5.09. The second-order valence-corrected chi connectivity index (χ2v) is 7.01. The number of aromatic amines is 1. The molecule has 0 aliphatic carbocycles. The van der Waals surface area contributed by atoms with E-state index in [1.807, 2.05) is 6.20 Å². The van der Waals surface area contributed by atoms with Crippen LogP contribution < -0.4 is 5.73 Å². The molecule has 128 valence electrons. The van der Waals surface area contributed by atoms with E-state index in [0.29, 0.717) is 5.92 Å². The Morgan fingerprint density at radius 3 is 2.76 bits per heavy atom. The van der Waals surface area contributed by atoms with Crippen LogP contribution in [0.15, 0.2) is 60.8 Å². The maximum atomic E-state index is 6.43. The summed E-state index contributed by atoms with van der Waals surface area (Å²) in [5.74, 6) is 0.399. The summed E-state index contributed by atoms with van der Waals surface area (Å²) in [6.07, 6.45) is 1.94. The molecule has 1 aliphatic heterocycles. The van der Waals surface area contributed by atoms with E-state index < -0.39 is 0 Å². The number of nitrogens with zero attached hydrogens (tertiary/aromatic N) is 2. The topological polar surface area (TPSA) is 57.9 Å². The van der Waals surface area contributed by atoms with Crippen molar-refractivity contribution in [3.8, 4) is 11.3 Å². The van der Waals surface area contributed by atoms with Crippen LogP contribution >= 0.6 is 0 Å². The zero-order valence-electron chi connectivity index (χ0n) is 14.5. The maximum absolute atomic E-state index is 6.43. The summed E-state index contributed by atoms with van der Waals surface area (Å²) in [7, 11) is 0. The van der Waals surface area contributed by atoms with Gasteiger partial charge < -0.3 is 5.73 Å². The number of benzene rings is 2. The molecule has 25 heavy (non-hydrogen) atoms. The van der Waals surface area contributed by atoms with Crippen LogP contribution in [0.5, 0.6) is 0 Å². The van der Waals surface area contributed by atoms with Gasteiger partial charge in [-0.3, -0.25) is 10.00 Å². The lowest BCUT2D eigenvalue weighted by Crippen LogP contribution is -2.28. The number of hydrogen-bond acceptors (Lipinski definition) is 3. The lowest BCUT2D eigenvalue weighted by molar-refractivity contribution is 0.324. The Hall–Kier alpha value is -2.43. The van der Waals surface area contributed by atoms with Gasteiger partial charge in [0.2, 0.25) is 0 Å². The Labute approximate surface area is 148 Å². The summed E-state index contributed by atoms with van der Waals surface area (Å²) in [6.45, 7) is 4.89. The molecule has 0 unspecified atom stereocenters. The molecular weight excluding hydrogens is 308 g/mol. The number of nitrogens with one attached hydrogen (secondary N) is 1. The zero-order valence-corrected chi connectivity index (χ0v) is 14.5. The Morgan fingerprint density at radius 1 is 1.12 bits per heavy atom. The molecule has 1 fully saturated rings. The highest BCUT2D eigenvalue weighted by Gasteiger charge is 2.31. The molecule has 0 amide bonds. The van der Waals surface area contributed by atoms with E-state index in [0.717, 1.165) is 25.3 Å². The Kier molecular flexibility index (Phi) is 4.38. The Morgan fingerprint density at radius 2 is 1.96 bits per heavy atom. The molecule has 4 rings (SSSR count). The zero-order chi connectivity index (χ0) is 17.2. The fourth-order valence-corrected chi connectivity index (χ4v) is 3.82. The normalized spacial score (nSPS) is 20.9. The van der Waals surface area contributed by atoms with Gasteiger partial charge in [-0.25, -0.2) is 0 Å². The van der Waals surface area contributed by atoms with E-state index >= 15 is 0 Å². The largest absolute Gasteiger partial charge is 0.326 e. The van der Waals surface area contributed by atoms with E-state index in [9.17, 15) is 0 Å². The number of hydrogen-bond donors (Lipinski definition) is 2. The van der Waals surface area contributed by atoms with E-state index in [1.54, 1.807) is 0 Å². The number of aryl methyl sites for hydroxylation is 1. The first-order valence-corrected chi connectivity index (χ1v) is 8.83. The van der Waals surface area contributed by atoms with E-state index in [4.69, 9.17) is 5.73 Å². The molecule has 2 heterocycles. The SMILES string of the molecule is Cc1cccc(-c2[nH]ncc2CN2C[C@@H](N)[C@H](c3ccccc3)C2)c1. The van der Waals surface area contributed by atoms with Crippen LogP contribution in [0.3, 0.4) is 0 Å². The summed E-state index contributed by atoms with van der Waals surface area (Å²) in [4.78, 5) is 2.44. The van der Waals surface area contributed by atoms with Crippen molar-refractivity contribution in [2.24, 2.45) is 5.73 Å². The van der Waals surface area contributed by atoms with Crippen LogP contribution in [0, 0.1) is 6.92 Å². The summed E-state index contributed by atoms with van der Waals surface area (Å²) < 4.78 is 0. The predicted molar refractivity (Wildman–Crippen MR) is 101 cm³/mol. The van der Waals surface area contributed by atoms with Gasteiger partial charge in [0.05, 0.1) is 11.9 Å². The van der Waals surface area contributed by atoms with Gasteiger partial charge in [-0.2, -0.15) is 5.10 Å². The van der Waals surface area contributed by atoms with Crippen molar-refractivity contribution in [2.45, 2.75) is 25.4 Å². The first kappa shape index (κ1) is 16.1. The molecule has 4 heteroatoms. The minimum absolute atomic E-state index is 0.178. The average Bonchev–Trinajstić information content (AvgIpc) is 3.22. The molecule has 4 nitrogen and oxygen atoms in total. The minimum atomic E-state index is 0.178. The molecular formula is C21H24N4. The van der Waals surface area contributed by atoms with Crippen LogP contribution in [0.25, 0.3) is 11.3 Å². The van der Waals surface area contributed by atoms with Crippen molar-refractivity contribution < 1.29 is 0 Å². The Bertz CT molecular complexity index is 840. The van der Waals surface area contributed by atoms with Crippen LogP contribution in [0.1, 0.15) is 22.6 Å². The number of rotatable bonds is 4. The standard InChI is InChI=1S/C21H24N4/c1-15-6-5-9-17(10-15)21-18(11-23-24-21)12-25-13-19(20(22)14-25)16-7-3-2-4-8-16/h2-11,19-20H,12-14,22H2,1H3,(H,23,24)/t19-,20+/m0/s1. The lowest BCUT2D eigenvalue weighted by atomic mass is 9.95. The smallest absolute Gasteiger partial charge is 0.0695 e. The quantitative estimate of drug-likeness (QED) is 0.770. The van der Waals surface area contributed by atoms with Crippen molar-refractivity contribution >= 4 is 0 Å². The maximum Gasteiger partial charge on any atom is 0.0695 e. The molecule has 0 spiro atoms. The van der Waals surface area contributed by atoms with Crippen LogP contribution in [0.2, 0.25) is 0 Å². The first-order valence-electron chi connectivity index (χ1n) is 8.83. The number of nitrogens with two attached hydrogens (primary N) is 1. The summed E-state index contributed by atoms with van der Waals surface area (Å²) in [5, 5.41) is 7.45. The molecule has 0 radical (unpaired) electrons. The van der Waals surface area contributed by atoms with Crippen molar-refractivity contribution in [3.05, 3.63) is 77.5 Å². The second-order valence-electron chi connectivity index (χ2n) is 7.01. The lowest BCUT2D eigenvalue weighted by Gasteiger charge is -2.16. The third kappa shape index (κ3) is 3.36. The Balaban J connectivity index is 1.52. The monoisotopic (exact) mass is 332 g/mol. The van der Waals surface area contributed by atoms with Gasteiger partial charge in [0.1, 0.15) is 0 Å².